The Labute approximate surface area is 87.2 Å². The van der Waals surface area contributed by atoms with Gasteiger partial charge in [-0.3, -0.25) is 0 Å². The van der Waals surface area contributed by atoms with Crippen molar-refractivity contribution in [3.63, 3.8) is 0 Å². The Bertz CT molecular complexity index is 299. The van der Waals surface area contributed by atoms with Crippen molar-refractivity contribution in [1.82, 2.24) is 0 Å². The third-order valence-electron chi connectivity index (χ3n) is 1.78. The molecule has 0 spiro atoms. The van der Waals surface area contributed by atoms with Gasteiger partial charge in [-0.25, -0.2) is 0 Å². The minimum atomic E-state index is 0.723. The fraction of sp³-hybridized carbons (Fsp3) is 0.400. The zero-order chi connectivity index (χ0) is 9.84. The first-order chi connectivity index (χ1) is 6.15. The van der Waals surface area contributed by atoms with Crippen molar-refractivity contribution in [2.24, 2.45) is 0 Å². The van der Waals surface area contributed by atoms with Crippen molar-refractivity contribution < 1.29 is 4.74 Å². The highest BCUT2D eigenvalue weighted by Crippen LogP contribution is 2.29. The molecule has 0 aromatic heterocycles. The van der Waals surface area contributed by atoms with Gasteiger partial charge >= 0.3 is 0 Å². The first-order valence-electron chi connectivity index (χ1n) is 4.33. The molecule has 3 heteroatoms. The molecule has 0 radical (unpaired) electrons. The molecule has 0 saturated carbocycles. The van der Waals surface area contributed by atoms with Gasteiger partial charge in [-0.1, -0.05) is 6.92 Å². The molecule has 0 aliphatic carbocycles. The predicted octanol–water partition coefficient (Wildman–Crippen LogP) is 3.13. The second-order valence-corrected chi connectivity index (χ2v) is 3.84. The number of rotatable bonds is 3. The molecule has 13 heavy (non-hydrogen) atoms. The lowest BCUT2D eigenvalue weighted by Gasteiger charge is -2.09. The Morgan fingerprint density at radius 3 is 2.77 bits per heavy atom. The SMILES string of the molecule is CCCOc1cc(N)c(C)cc1Br. The van der Waals surface area contributed by atoms with Crippen molar-refractivity contribution in [3.05, 3.63) is 22.2 Å². The zero-order valence-corrected chi connectivity index (χ0v) is 9.52. The number of ether oxygens (including phenoxy) is 1. The average molecular weight is 244 g/mol. The number of halogens is 1. The van der Waals surface area contributed by atoms with E-state index < -0.39 is 0 Å². The summed E-state index contributed by atoms with van der Waals surface area (Å²) in [5, 5.41) is 0. The minimum Gasteiger partial charge on any atom is -0.492 e. The van der Waals surface area contributed by atoms with E-state index in [0.29, 0.717) is 0 Å². The van der Waals surface area contributed by atoms with Crippen LogP contribution < -0.4 is 10.5 Å². The van der Waals surface area contributed by atoms with Gasteiger partial charge in [0.15, 0.2) is 0 Å². The summed E-state index contributed by atoms with van der Waals surface area (Å²) in [7, 11) is 0. The van der Waals surface area contributed by atoms with Crippen molar-refractivity contribution >= 4 is 21.6 Å². The molecule has 0 heterocycles. The summed E-state index contributed by atoms with van der Waals surface area (Å²) in [5.74, 6) is 0.824. The van der Waals surface area contributed by atoms with Gasteiger partial charge in [-0.05, 0) is 40.9 Å². The van der Waals surface area contributed by atoms with Crippen LogP contribution in [0, 0.1) is 6.92 Å². The fourth-order valence-electron chi connectivity index (χ4n) is 0.991. The van der Waals surface area contributed by atoms with E-state index in [2.05, 4.69) is 22.9 Å². The molecule has 1 rings (SSSR count). The van der Waals surface area contributed by atoms with Crippen LogP contribution in [0.4, 0.5) is 5.69 Å². The van der Waals surface area contributed by atoms with Gasteiger partial charge in [0.25, 0.3) is 0 Å². The van der Waals surface area contributed by atoms with Crippen molar-refractivity contribution in [3.8, 4) is 5.75 Å². The number of aryl methyl sites for hydroxylation is 1. The molecule has 2 N–H and O–H groups in total. The Morgan fingerprint density at radius 1 is 1.46 bits per heavy atom. The van der Waals surface area contributed by atoms with Crippen LogP contribution in [-0.2, 0) is 0 Å². The monoisotopic (exact) mass is 243 g/mol. The third kappa shape index (κ3) is 2.62. The second kappa shape index (κ2) is 4.51. The van der Waals surface area contributed by atoms with E-state index >= 15 is 0 Å². The largest absolute Gasteiger partial charge is 0.492 e. The average Bonchev–Trinajstić information content (AvgIpc) is 2.09. The Kier molecular flexibility index (Phi) is 3.60. The maximum atomic E-state index is 5.76. The highest BCUT2D eigenvalue weighted by molar-refractivity contribution is 9.10. The molecule has 2 nitrogen and oxygen atoms in total. The molecule has 0 amide bonds. The Morgan fingerprint density at radius 2 is 2.15 bits per heavy atom. The molecule has 0 fully saturated rings. The van der Waals surface area contributed by atoms with Crippen LogP contribution in [0.25, 0.3) is 0 Å². The number of nitrogens with two attached hydrogens (primary N) is 1. The van der Waals surface area contributed by atoms with Gasteiger partial charge in [-0.2, -0.15) is 0 Å². The molecule has 0 saturated heterocycles. The summed E-state index contributed by atoms with van der Waals surface area (Å²) < 4.78 is 6.46. The zero-order valence-electron chi connectivity index (χ0n) is 7.93. The smallest absolute Gasteiger partial charge is 0.135 e. The van der Waals surface area contributed by atoms with E-state index in [9.17, 15) is 0 Å². The molecule has 0 bridgehead atoms. The van der Waals surface area contributed by atoms with Gasteiger partial charge in [0.1, 0.15) is 5.75 Å². The lowest BCUT2D eigenvalue weighted by atomic mass is 10.2. The molecule has 0 aliphatic heterocycles. The van der Waals surface area contributed by atoms with Crippen LogP contribution >= 0.6 is 15.9 Å². The molecule has 0 atom stereocenters. The molecule has 1 aromatic carbocycles. The van der Waals surface area contributed by atoms with Crippen LogP contribution in [0.3, 0.4) is 0 Å². The van der Waals surface area contributed by atoms with Crippen LogP contribution in [0.15, 0.2) is 16.6 Å². The van der Waals surface area contributed by atoms with Crippen molar-refractivity contribution in [2.45, 2.75) is 20.3 Å². The van der Waals surface area contributed by atoms with Crippen molar-refractivity contribution in [1.29, 1.82) is 0 Å². The van der Waals surface area contributed by atoms with E-state index in [1.807, 2.05) is 19.1 Å². The van der Waals surface area contributed by atoms with E-state index in [-0.39, 0.29) is 0 Å². The number of benzene rings is 1. The van der Waals surface area contributed by atoms with E-state index in [4.69, 9.17) is 10.5 Å². The standard InChI is InChI=1S/C10H14BrNO/c1-3-4-13-10-6-9(12)7(2)5-8(10)11/h5-6H,3-4,12H2,1-2H3. The highest BCUT2D eigenvalue weighted by atomic mass is 79.9. The number of hydrogen-bond donors (Lipinski definition) is 1. The molecular weight excluding hydrogens is 230 g/mol. The van der Waals surface area contributed by atoms with Crippen molar-refractivity contribution in [2.75, 3.05) is 12.3 Å². The summed E-state index contributed by atoms with van der Waals surface area (Å²) in [6, 6.07) is 3.83. The first-order valence-corrected chi connectivity index (χ1v) is 5.13. The predicted molar refractivity (Wildman–Crippen MR) is 59.1 cm³/mol. The molecule has 0 aliphatic rings. The summed E-state index contributed by atoms with van der Waals surface area (Å²) in [6.45, 7) is 4.77. The fourth-order valence-corrected chi connectivity index (χ4v) is 1.56. The van der Waals surface area contributed by atoms with Gasteiger partial charge in [-0.15, -0.1) is 0 Å². The second-order valence-electron chi connectivity index (χ2n) is 2.99. The maximum absolute atomic E-state index is 5.76. The molecule has 0 unspecified atom stereocenters. The van der Waals surface area contributed by atoms with E-state index in [1.165, 1.54) is 0 Å². The van der Waals surface area contributed by atoms with Gasteiger partial charge in [0.05, 0.1) is 11.1 Å². The maximum Gasteiger partial charge on any atom is 0.135 e. The van der Waals surface area contributed by atoms with Gasteiger partial charge < -0.3 is 10.5 Å². The lowest BCUT2D eigenvalue weighted by molar-refractivity contribution is 0.315. The topological polar surface area (TPSA) is 35.2 Å². The summed E-state index contributed by atoms with van der Waals surface area (Å²) in [6.07, 6.45) is 1.00. The number of hydrogen-bond acceptors (Lipinski definition) is 2. The molecular formula is C10H14BrNO. The van der Waals surface area contributed by atoms with Crippen LogP contribution in [0.2, 0.25) is 0 Å². The molecule has 1 aromatic rings. The van der Waals surface area contributed by atoms with Crippen LogP contribution in [0.1, 0.15) is 18.9 Å². The first kappa shape index (κ1) is 10.4. The van der Waals surface area contributed by atoms with E-state index in [0.717, 1.165) is 34.5 Å². The Hall–Kier alpha value is -0.700. The highest BCUT2D eigenvalue weighted by Gasteiger charge is 2.03. The summed E-state index contributed by atoms with van der Waals surface area (Å²) >= 11 is 3.43. The lowest BCUT2D eigenvalue weighted by Crippen LogP contribution is -1.98. The number of anilines is 1. The number of nitrogen functional groups attached to an aromatic ring is 1. The minimum absolute atomic E-state index is 0.723. The Balaban J connectivity index is 2.88. The normalized spacial score (nSPS) is 10.1. The van der Waals surface area contributed by atoms with Crippen LogP contribution in [0.5, 0.6) is 5.75 Å². The molecule has 72 valence electrons. The quantitative estimate of drug-likeness (QED) is 0.829. The third-order valence-corrected chi connectivity index (χ3v) is 2.40. The summed E-state index contributed by atoms with van der Waals surface area (Å²) in [5.41, 5.74) is 7.60. The van der Waals surface area contributed by atoms with E-state index in [1.54, 1.807) is 0 Å². The van der Waals surface area contributed by atoms with Crippen LogP contribution in [-0.4, -0.2) is 6.61 Å². The summed E-state index contributed by atoms with van der Waals surface area (Å²) in [4.78, 5) is 0. The van der Waals surface area contributed by atoms with Gasteiger partial charge in [0.2, 0.25) is 0 Å². The van der Waals surface area contributed by atoms with Gasteiger partial charge in [0, 0.05) is 11.8 Å².